The van der Waals surface area contributed by atoms with Crippen LogP contribution in [0, 0.1) is 6.92 Å². The predicted molar refractivity (Wildman–Crippen MR) is 118 cm³/mol. The van der Waals surface area contributed by atoms with Crippen LogP contribution in [0.5, 0.6) is 5.75 Å². The third-order valence-electron chi connectivity index (χ3n) is 4.50. The molecule has 0 radical (unpaired) electrons. The SMILES string of the molecule is CCOC(=O)c1sc(NC(=O)c2cc3cc(OC)ccc3oc2=O)c(C(=O)OCC)c1C. The third kappa shape index (κ3) is 4.50. The summed E-state index contributed by atoms with van der Waals surface area (Å²) < 4.78 is 20.5. The van der Waals surface area contributed by atoms with Crippen molar-refractivity contribution in [3.05, 3.63) is 56.3 Å². The third-order valence-corrected chi connectivity index (χ3v) is 5.69. The van der Waals surface area contributed by atoms with Gasteiger partial charge in [-0.1, -0.05) is 0 Å². The summed E-state index contributed by atoms with van der Waals surface area (Å²) in [6, 6.07) is 6.18. The van der Waals surface area contributed by atoms with Gasteiger partial charge in [-0.25, -0.2) is 14.4 Å². The quantitative estimate of drug-likeness (QED) is 0.419. The molecule has 0 aliphatic rings. The van der Waals surface area contributed by atoms with E-state index < -0.39 is 23.5 Å². The summed E-state index contributed by atoms with van der Waals surface area (Å²) >= 11 is 0.867. The maximum absolute atomic E-state index is 12.9. The lowest BCUT2D eigenvalue weighted by molar-refractivity contribution is 0.0527. The fourth-order valence-electron chi connectivity index (χ4n) is 3.00. The molecule has 1 amide bonds. The van der Waals surface area contributed by atoms with Crippen molar-refractivity contribution in [2.45, 2.75) is 20.8 Å². The first-order valence-corrected chi connectivity index (χ1v) is 10.5. The minimum atomic E-state index is -0.850. The molecule has 2 heterocycles. The van der Waals surface area contributed by atoms with Gasteiger partial charge in [0.1, 0.15) is 26.8 Å². The van der Waals surface area contributed by atoms with Crippen molar-refractivity contribution in [2.75, 3.05) is 25.6 Å². The van der Waals surface area contributed by atoms with Crippen LogP contribution in [-0.4, -0.2) is 38.2 Å². The zero-order chi connectivity index (χ0) is 23.4. The topological polar surface area (TPSA) is 121 Å². The Labute approximate surface area is 186 Å². The van der Waals surface area contributed by atoms with Crippen LogP contribution in [0.15, 0.2) is 33.5 Å². The number of anilines is 1. The number of carbonyl (C=O) groups is 3. The van der Waals surface area contributed by atoms with Crippen molar-refractivity contribution >= 4 is 45.2 Å². The number of hydrogen-bond acceptors (Lipinski definition) is 9. The molecule has 0 fully saturated rings. The number of carbonyl (C=O) groups excluding carboxylic acids is 3. The highest BCUT2D eigenvalue weighted by atomic mass is 32.1. The lowest BCUT2D eigenvalue weighted by atomic mass is 10.1. The summed E-state index contributed by atoms with van der Waals surface area (Å²) in [5.41, 5.74) is -0.491. The minimum Gasteiger partial charge on any atom is -0.497 e. The van der Waals surface area contributed by atoms with Crippen molar-refractivity contribution in [2.24, 2.45) is 0 Å². The highest BCUT2D eigenvalue weighted by Crippen LogP contribution is 2.34. The average molecular weight is 459 g/mol. The highest BCUT2D eigenvalue weighted by molar-refractivity contribution is 7.18. The van der Waals surface area contributed by atoms with Crippen molar-refractivity contribution in [1.29, 1.82) is 0 Å². The Morgan fingerprint density at radius 1 is 1.06 bits per heavy atom. The molecule has 3 aromatic rings. The number of fused-ring (bicyclic) bond motifs is 1. The molecule has 1 aromatic carbocycles. The zero-order valence-electron chi connectivity index (χ0n) is 17.9. The number of nitrogens with one attached hydrogen (secondary N) is 1. The Hall–Kier alpha value is -3.66. The lowest BCUT2D eigenvalue weighted by Gasteiger charge is -2.07. The molecule has 0 spiro atoms. The van der Waals surface area contributed by atoms with Crippen LogP contribution >= 0.6 is 11.3 Å². The predicted octanol–water partition coefficient (Wildman–Crippen LogP) is 3.78. The van der Waals surface area contributed by atoms with E-state index in [-0.39, 0.29) is 39.8 Å². The molecule has 0 saturated heterocycles. The Morgan fingerprint density at radius 2 is 1.75 bits per heavy atom. The lowest BCUT2D eigenvalue weighted by Crippen LogP contribution is -2.21. The Morgan fingerprint density at radius 3 is 2.41 bits per heavy atom. The minimum absolute atomic E-state index is 0.0279. The molecular formula is C22H21NO8S. The van der Waals surface area contributed by atoms with E-state index in [9.17, 15) is 19.2 Å². The molecule has 168 valence electrons. The van der Waals surface area contributed by atoms with E-state index in [2.05, 4.69) is 5.32 Å². The summed E-state index contributed by atoms with van der Waals surface area (Å²) in [7, 11) is 1.49. The number of benzene rings is 1. The molecule has 0 saturated carbocycles. The smallest absolute Gasteiger partial charge is 0.349 e. The van der Waals surface area contributed by atoms with Crippen LogP contribution in [-0.2, 0) is 9.47 Å². The number of ether oxygens (including phenoxy) is 3. The van der Waals surface area contributed by atoms with E-state index in [1.54, 1.807) is 39.0 Å². The van der Waals surface area contributed by atoms with Gasteiger partial charge in [0.2, 0.25) is 0 Å². The molecule has 0 aliphatic carbocycles. The van der Waals surface area contributed by atoms with E-state index >= 15 is 0 Å². The van der Waals surface area contributed by atoms with Crippen LogP contribution in [0.2, 0.25) is 0 Å². The number of rotatable bonds is 7. The standard InChI is InChI=1S/C22H21NO8S/c1-5-29-21(26)16-11(3)17(22(27)30-6-2)32-19(16)23-18(24)14-10-12-9-13(28-4)7-8-15(12)31-20(14)25/h7-10H,5-6H2,1-4H3,(H,23,24). The number of thiophene rings is 1. The van der Waals surface area contributed by atoms with E-state index in [1.807, 2.05) is 0 Å². The van der Waals surface area contributed by atoms with E-state index in [1.165, 1.54) is 13.2 Å². The average Bonchev–Trinajstić information content (AvgIpc) is 3.09. The normalized spacial score (nSPS) is 10.6. The molecule has 0 bridgehead atoms. The molecule has 32 heavy (non-hydrogen) atoms. The highest BCUT2D eigenvalue weighted by Gasteiger charge is 2.28. The van der Waals surface area contributed by atoms with Gasteiger partial charge in [-0.3, -0.25) is 4.79 Å². The van der Waals surface area contributed by atoms with Gasteiger partial charge in [-0.05, 0) is 50.6 Å². The van der Waals surface area contributed by atoms with Gasteiger partial charge in [-0.2, -0.15) is 0 Å². The van der Waals surface area contributed by atoms with Crippen LogP contribution < -0.4 is 15.7 Å². The van der Waals surface area contributed by atoms with Crippen LogP contribution in [0.4, 0.5) is 5.00 Å². The van der Waals surface area contributed by atoms with E-state index in [0.29, 0.717) is 16.7 Å². The van der Waals surface area contributed by atoms with Gasteiger partial charge in [0.05, 0.1) is 25.9 Å². The van der Waals surface area contributed by atoms with Gasteiger partial charge in [-0.15, -0.1) is 11.3 Å². The van der Waals surface area contributed by atoms with Crippen LogP contribution in [0.1, 0.15) is 49.8 Å². The molecule has 1 N–H and O–H groups in total. The first kappa shape index (κ1) is 23.0. The summed E-state index contributed by atoms with van der Waals surface area (Å²) in [6.45, 7) is 5.10. The largest absolute Gasteiger partial charge is 0.497 e. The number of esters is 2. The fourth-order valence-corrected chi connectivity index (χ4v) is 4.08. The number of methoxy groups -OCH3 is 1. The Bertz CT molecular complexity index is 1260. The molecule has 0 atom stereocenters. The Balaban J connectivity index is 2.03. The molecule has 2 aromatic heterocycles. The first-order valence-electron chi connectivity index (χ1n) is 9.71. The van der Waals surface area contributed by atoms with Gasteiger partial charge in [0.25, 0.3) is 5.91 Å². The van der Waals surface area contributed by atoms with Crippen LogP contribution in [0.3, 0.4) is 0 Å². The number of hydrogen-bond donors (Lipinski definition) is 1. The van der Waals surface area contributed by atoms with Gasteiger partial charge in [0.15, 0.2) is 0 Å². The summed E-state index contributed by atoms with van der Waals surface area (Å²) in [6.07, 6.45) is 0. The van der Waals surface area contributed by atoms with E-state index in [4.69, 9.17) is 18.6 Å². The maximum Gasteiger partial charge on any atom is 0.349 e. The van der Waals surface area contributed by atoms with Crippen molar-refractivity contribution in [3.63, 3.8) is 0 Å². The van der Waals surface area contributed by atoms with Crippen LogP contribution in [0.25, 0.3) is 11.0 Å². The van der Waals surface area contributed by atoms with Crippen molar-refractivity contribution in [1.82, 2.24) is 0 Å². The summed E-state index contributed by atoms with van der Waals surface area (Å²) in [5, 5.41) is 3.09. The van der Waals surface area contributed by atoms with Crippen molar-refractivity contribution in [3.8, 4) is 5.75 Å². The van der Waals surface area contributed by atoms with Gasteiger partial charge >= 0.3 is 17.6 Å². The maximum atomic E-state index is 12.9. The first-order chi connectivity index (χ1) is 15.3. The molecule has 3 rings (SSSR count). The summed E-state index contributed by atoms with van der Waals surface area (Å²) in [5.74, 6) is -1.61. The molecular weight excluding hydrogens is 438 g/mol. The zero-order valence-corrected chi connectivity index (χ0v) is 18.7. The molecule has 10 heteroatoms. The van der Waals surface area contributed by atoms with Crippen molar-refractivity contribution < 1.29 is 33.0 Å². The van der Waals surface area contributed by atoms with Gasteiger partial charge in [0, 0.05) is 5.39 Å². The Kier molecular flexibility index (Phi) is 6.94. The molecule has 9 nitrogen and oxygen atoms in total. The molecule has 0 aliphatic heterocycles. The number of amides is 1. The second-order valence-electron chi connectivity index (χ2n) is 6.51. The van der Waals surface area contributed by atoms with Gasteiger partial charge < -0.3 is 23.9 Å². The summed E-state index contributed by atoms with van der Waals surface area (Å²) in [4.78, 5) is 50.2. The van der Waals surface area contributed by atoms with E-state index in [0.717, 1.165) is 11.3 Å². The fraction of sp³-hybridized carbons (Fsp3) is 0.273. The second kappa shape index (κ2) is 9.65. The molecule has 0 unspecified atom stereocenters. The second-order valence-corrected chi connectivity index (χ2v) is 7.53. The monoisotopic (exact) mass is 459 g/mol.